The van der Waals surface area contributed by atoms with Crippen molar-refractivity contribution in [2.75, 3.05) is 6.54 Å². The van der Waals surface area contributed by atoms with E-state index in [0.717, 1.165) is 12.5 Å². The van der Waals surface area contributed by atoms with Crippen molar-refractivity contribution in [1.29, 1.82) is 0 Å². The average molecular weight is 153 g/mol. The monoisotopic (exact) mass is 153 g/mol. The third kappa shape index (κ3) is 3.06. The molecule has 0 saturated carbocycles. The second-order valence-corrected chi connectivity index (χ2v) is 3.62. The highest BCUT2D eigenvalue weighted by molar-refractivity contribution is 4.86. The fourth-order valence-electron chi connectivity index (χ4n) is 1.65. The Morgan fingerprint density at radius 2 is 2.18 bits per heavy atom. The summed E-state index contributed by atoms with van der Waals surface area (Å²) in [7, 11) is 0. The van der Waals surface area contributed by atoms with E-state index in [1.807, 2.05) is 6.08 Å². The fraction of sp³-hybridized carbons (Fsp3) is 0.800. The minimum Gasteiger partial charge on any atom is -0.311 e. The second-order valence-electron chi connectivity index (χ2n) is 3.62. The molecular weight excluding hydrogens is 134 g/mol. The molecule has 1 fully saturated rings. The summed E-state index contributed by atoms with van der Waals surface area (Å²) in [5.41, 5.74) is 0. The summed E-state index contributed by atoms with van der Waals surface area (Å²) in [6.07, 6.45) is 7.38. The molecule has 1 aliphatic heterocycles. The highest BCUT2D eigenvalue weighted by Crippen LogP contribution is 2.15. The number of rotatable bonds is 1. The van der Waals surface area contributed by atoms with Crippen LogP contribution in [-0.4, -0.2) is 12.6 Å². The molecule has 0 aromatic carbocycles. The van der Waals surface area contributed by atoms with Crippen LogP contribution in [0.15, 0.2) is 12.7 Å². The van der Waals surface area contributed by atoms with Gasteiger partial charge in [-0.15, -0.1) is 6.58 Å². The molecule has 2 atom stereocenters. The van der Waals surface area contributed by atoms with Crippen LogP contribution in [0.2, 0.25) is 0 Å². The molecule has 2 unspecified atom stereocenters. The van der Waals surface area contributed by atoms with Gasteiger partial charge in [-0.1, -0.05) is 25.8 Å². The molecule has 0 amide bonds. The summed E-state index contributed by atoms with van der Waals surface area (Å²) in [4.78, 5) is 0. The SMILES string of the molecule is C=CC1CCCC(C)CCN1. The smallest absolute Gasteiger partial charge is 0.0247 e. The molecular formula is C10H19N. The van der Waals surface area contributed by atoms with E-state index in [4.69, 9.17) is 0 Å². The highest BCUT2D eigenvalue weighted by atomic mass is 14.9. The van der Waals surface area contributed by atoms with Gasteiger partial charge in [-0.2, -0.15) is 0 Å². The summed E-state index contributed by atoms with van der Waals surface area (Å²) in [6, 6.07) is 0.572. The number of nitrogens with one attached hydrogen (secondary N) is 1. The van der Waals surface area contributed by atoms with Gasteiger partial charge in [-0.25, -0.2) is 0 Å². The lowest BCUT2D eigenvalue weighted by molar-refractivity contribution is 0.387. The Hall–Kier alpha value is -0.300. The van der Waals surface area contributed by atoms with Gasteiger partial charge >= 0.3 is 0 Å². The van der Waals surface area contributed by atoms with Crippen LogP contribution in [0.1, 0.15) is 32.6 Å². The summed E-state index contributed by atoms with van der Waals surface area (Å²) in [6.45, 7) is 7.32. The summed E-state index contributed by atoms with van der Waals surface area (Å²) < 4.78 is 0. The maximum absolute atomic E-state index is 3.81. The summed E-state index contributed by atoms with van der Waals surface area (Å²) in [5.74, 6) is 0.910. The van der Waals surface area contributed by atoms with Crippen LogP contribution in [-0.2, 0) is 0 Å². The van der Waals surface area contributed by atoms with Gasteiger partial charge in [-0.3, -0.25) is 0 Å². The molecule has 64 valence electrons. The minimum atomic E-state index is 0.572. The largest absolute Gasteiger partial charge is 0.311 e. The van der Waals surface area contributed by atoms with Crippen molar-refractivity contribution in [2.45, 2.75) is 38.6 Å². The molecule has 0 radical (unpaired) electrons. The van der Waals surface area contributed by atoms with Crippen molar-refractivity contribution in [3.63, 3.8) is 0 Å². The standard InChI is InChI=1S/C10H19N/c1-3-10-6-4-5-9(2)7-8-11-10/h3,9-11H,1,4-8H2,2H3. The molecule has 1 N–H and O–H groups in total. The number of hydrogen-bond donors (Lipinski definition) is 1. The van der Waals surface area contributed by atoms with Crippen LogP contribution in [0.25, 0.3) is 0 Å². The van der Waals surface area contributed by atoms with E-state index in [0.29, 0.717) is 6.04 Å². The first-order valence-electron chi connectivity index (χ1n) is 4.69. The van der Waals surface area contributed by atoms with E-state index in [1.165, 1.54) is 25.7 Å². The zero-order chi connectivity index (χ0) is 8.10. The Labute approximate surface area is 69.9 Å². The van der Waals surface area contributed by atoms with Gasteiger partial charge in [0.2, 0.25) is 0 Å². The quantitative estimate of drug-likeness (QED) is 0.570. The lowest BCUT2D eigenvalue weighted by atomic mass is 9.96. The molecule has 11 heavy (non-hydrogen) atoms. The summed E-state index contributed by atoms with van der Waals surface area (Å²) in [5, 5.41) is 3.48. The topological polar surface area (TPSA) is 12.0 Å². The third-order valence-electron chi connectivity index (χ3n) is 2.54. The zero-order valence-corrected chi connectivity index (χ0v) is 7.47. The molecule has 1 rings (SSSR count). The van der Waals surface area contributed by atoms with E-state index in [2.05, 4.69) is 18.8 Å². The molecule has 0 aromatic rings. The van der Waals surface area contributed by atoms with Gasteiger partial charge in [0.05, 0.1) is 0 Å². The lowest BCUT2D eigenvalue weighted by Gasteiger charge is -2.21. The third-order valence-corrected chi connectivity index (χ3v) is 2.54. The molecule has 1 aliphatic rings. The van der Waals surface area contributed by atoms with E-state index in [1.54, 1.807) is 0 Å². The molecule has 1 heteroatoms. The van der Waals surface area contributed by atoms with Gasteiger partial charge < -0.3 is 5.32 Å². The van der Waals surface area contributed by atoms with E-state index >= 15 is 0 Å². The van der Waals surface area contributed by atoms with Gasteiger partial charge in [-0.05, 0) is 25.3 Å². The Morgan fingerprint density at radius 3 is 2.91 bits per heavy atom. The van der Waals surface area contributed by atoms with Crippen LogP contribution in [0.3, 0.4) is 0 Å². The molecule has 0 aliphatic carbocycles. The summed E-state index contributed by atoms with van der Waals surface area (Å²) >= 11 is 0. The molecule has 0 bridgehead atoms. The Morgan fingerprint density at radius 1 is 1.36 bits per heavy atom. The van der Waals surface area contributed by atoms with Gasteiger partial charge in [0.15, 0.2) is 0 Å². The predicted octanol–water partition coefficient (Wildman–Crippen LogP) is 2.34. The predicted molar refractivity (Wildman–Crippen MR) is 49.6 cm³/mol. The van der Waals surface area contributed by atoms with Crippen LogP contribution >= 0.6 is 0 Å². The van der Waals surface area contributed by atoms with E-state index < -0.39 is 0 Å². The first-order valence-corrected chi connectivity index (χ1v) is 4.69. The minimum absolute atomic E-state index is 0.572. The second kappa shape index (κ2) is 4.55. The maximum atomic E-state index is 3.81. The van der Waals surface area contributed by atoms with Gasteiger partial charge in [0, 0.05) is 6.04 Å². The van der Waals surface area contributed by atoms with E-state index in [9.17, 15) is 0 Å². The highest BCUT2D eigenvalue weighted by Gasteiger charge is 2.10. The van der Waals surface area contributed by atoms with Crippen LogP contribution in [0.4, 0.5) is 0 Å². The molecule has 0 aromatic heterocycles. The first-order chi connectivity index (χ1) is 5.33. The Balaban J connectivity index is 2.28. The number of hydrogen-bond acceptors (Lipinski definition) is 1. The van der Waals surface area contributed by atoms with Crippen molar-refractivity contribution in [2.24, 2.45) is 5.92 Å². The molecule has 1 saturated heterocycles. The van der Waals surface area contributed by atoms with Crippen molar-refractivity contribution < 1.29 is 0 Å². The van der Waals surface area contributed by atoms with Crippen LogP contribution in [0, 0.1) is 5.92 Å². The van der Waals surface area contributed by atoms with Crippen molar-refractivity contribution in [3.8, 4) is 0 Å². The zero-order valence-electron chi connectivity index (χ0n) is 7.47. The van der Waals surface area contributed by atoms with Gasteiger partial charge in [0.1, 0.15) is 0 Å². The molecule has 1 nitrogen and oxygen atoms in total. The van der Waals surface area contributed by atoms with Crippen LogP contribution < -0.4 is 5.32 Å². The molecule has 0 spiro atoms. The first kappa shape index (κ1) is 8.79. The molecule has 1 heterocycles. The van der Waals surface area contributed by atoms with Crippen molar-refractivity contribution in [3.05, 3.63) is 12.7 Å². The average Bonchev–Trinajstić information content (AvgIpc) is 1.96. The van der Waals surface area contributed by atoms with E-state index in [-0.39, 0.29) is 0 Å². The van der Waals surface area contributed by atoms with Crippen LogP contribution in [0.5, 0.6) is 0 Å². The van der Waals surface area contributed by atoms with Gasteiger partial charge in [0.25, 0.3) is 0 Å². The Kier molecular flexibility index (Phi) is 3.64. The normalized spacial score (nSPS) is 33.9. The maximum Gasteiger partial charge on any atom is 0.0247 e. The fourth-order valence-corrected chi connectivity index (χ4v) is 1.65. The Bertz CT molecular complexity index is 110. The lowest BCUT2D eigenvalue weighted by Crippen LogP contribution is -2.30. The van der Waals surface area contributed by atoms with Crippen molar-refractivity contribution >= 4 is 0 Å². The van der Waals surface area contributed by atoms with Crippen molar-refractivity contribution in [1.82, 2.24) is 5.32 Å².